The van der Waals surface area contributed by atoms with E-state index in [0.29, 0.717) is 17.7 Å². The van der Waals surface area contributed by atoms with Crippen LogP contribution in [0.3, 0.4) is 0 Å². The minimum absolute atomic E-state index is 0.289. The second-order valence-corrected chi connectivity index (χ2v) is 8.76. The lowest BCUT2D eigenvalue weighted by Gasteiger charge is -2.25. The zero-order valence-electron chi connectivity index (χ0n) is 18.0. The first-order chi connectivity index (χ1) is 12.3. The summed E-state index contributed by atoms with van der Waals surface area (Å²) < 4.78 is 2.17. The Balaban J connectivity index is 2.64. The monoisotopic (exact) mass is 378 g/mol. The van der Waals surface area contributed by atoms with Gasteiger partial charge in [0, 0.05) is 12.8 Å². The Morgan fingerprint density at radius 1 is 1.15 bits per heavy atom. The first-order valence-electron chi connectivity index (χ1n) is 10.3. The van der Waals surface area contributed by atoms with Crippen LogP contribution in [0.5, 0.6) is 0 Å². The molecule has 0 aliphatic carbocycles. The molecule has 1 aromatic heterocycles. The molecule has 0 N–H and O–H groups in total. The van der Waals surface area contributed by atoms with E-state index in [1.54, 1.807) is 0 Å². The van der Waals surface area contributed by atoms with E-state index in [0.717, 1.165) is 36.1 Å². The third-order valence-electron chi connectivity index (χ3n) is 5.70. The lowest BCUT2D eigenvalue weighted by atomic mass is 9.74. The van der Waals surface area contributed by atoms with Crippen molar-refractivity contribution >= 4 is 19.6 Å². The molecule has 6 heteroatoms. The van der Waals surface area contributed by atoms with E-state index in [-0.39, 0.29) is 6.04 Å². The van der Waals surface area contributed by atoms with Crippen LogP contribution in [0.2, 0.25) is 5.82 Å². The Morgan fingerprint density at radius 3 is 2.42 bits per heavy atom. The van der Waals surface area contributed by atoms with Crippen LogP contribution in [0.25, 0.3) is 0 Å². The van der Waals surface area contributed by atoms with E-state index in [2.05, 4.69) is 68.4 Å². The third kappa shape index (κ3) is 6.92. The molecule has 0 aliphatic rings. The minimum atomic E-state index is 0.289. The number of nitrogens with zero attached hydrogens (tertiary/aromatic N) is 4. The van der Waals surface area contributed by atoms with Crippen molar-refractivity contribution in [2.24, 2.45) is 18.9 Å². The van der Waals surface area contributed by atoms with E-state index in [1.807, 2.05) is 11.8 Å². The van der Waals surface area contributed by atoms with Crippen molar-refractivity contribution in [2.45, 2.75) is 83.7 Å². The molecule has 4 nitrogen and oxygen atoms in total. The van der Waals surface area contributed by atoms with Crippen LogP contribution in [0, 0.1) is 11.8 Å². The number of rotatable bonds is 13. The number of hydrogen-bond donors (Lipinski definition) is 0. The fraction of sp³-hybridized carbons (Fsp3) is 0.900. The molecule has 0 aliphatic heterocycles. The maximum atomic E-state index is 6.18. The molecule has 0 fully saturated rings. The van der Waals surface area contributed by atoms with E-state index in [9.17, 15) is 0 Å². The highest BCUT2D eigenvalue weighted by atomic mass is 32.2. The Kier molecular flexibility index (Phi) is 10.9. The van der Waals surface area contributed by atoms with Crippen LogP contribution >= 0.6 is 11.8 Å². The minimum Gasteiger partial charge on any atom is -0.308 e. The number of unbranched alkanes of at least 4 members (excludes halogenated alkanes) is 1. The van der Waals surface area contributed by atoms with E-state index < -0.39 is 0 Å². The van der Waals surface area contributed by atoms with Gasteiger partial charge in [-0.1, -0.05) is 71.0 Å². The zero-order valence-corrected chi connectivity index (χ0v) is 18.9. The van der Waals surface area contributed by atoms with Gasteiger partial charge in [-0.25, -0.2) is 0 Å². The lowest BCUT2D eigenvalue weighted by Crippen LogP contribution is -2.25. The first-order valence-corrected chi connectivity index (χ1v) is 11.3. The number of hydrogen-bond acceptors (Lipinski definition) is 4. The molecule has 26 heavy (non-hydrogen) atoms. The van der Waals surface area contributed by atoms with Crippen LogP contribution in [0.1, 0.15) is 78.6 Å². The largest absolute Gasteiger partial charge is 0.308 e. The molecule has 4 atom stereocenters. The van der Waals surface area contributed by atoms with Crippen molar-refractivity contribution in [3.63, 3.8) is 0 Å². The van der Waals surface area contributed by atoms with Gasteiger partial charge in [0.15, 0.2) is 11.0 Å². The van der Waals surface area contributed by atoms with Crippen molar-refractivity contribution in [3.8, 4) is 0 Å². The van der Waals surface area contributed by atoms with E-state index in [4.69, 9.17) is 7.85 Å². The molecule has 0 aromatic carbocycles. The maximum Gasteiger partial charge on any atom is 0.191 e. The Morgan fingerprint density at radius 2 is 1.85 bits per heavy atom. The summed E-state index contributed by atoms with van der Waals surface area (Å²) in [4.78, 5) is 2.36. The molecule has 1 heterocycles. The second kappa shape index (κ2) is 12.1. The van der Waals surface area contributed by atoms with E-state index in [1.165, 1.54) is 19.3 Å². The fourth-order valence-corrected chi connectivity index (χ4v) is 4.38. The normalized spacial score (nSPS) is 16.6. The second-order valence-electron chi connectivity index (χ2n) is 7.77. The molecule has 1 aromatic rings. The molecule has 0 saturated carbocycles. The Labute approximate surface area is 167 Å². The van der Waals surface area contributed by atoms with Crippen molar-refractivity contribution in [1.29, 1.82) is 0 Å². The number of thioether (sulfide) groups is 1. The van der Waals surface area contributed by atoms with Crippen molar-refractivity contribution in [3.05, 3.63) is 5.82 Å². The average molecular weight is 378 g/mol. The van der Waals surface area contributed by atoms with Gasteiger partial charge in [-0.2, -0.15) is 0 Å². The van der Waals surface area contributed by atoms with E-state index >= 15 is 0 Å². The molecule has 148 valence electrons. The first kappa shape index (κ1) is 23.6. The average Bonchev–Trinajstić information content (AvgIpc) is 3.01. The van der Waals surface area contributed by atoms with Crippen molar-refractivity contribution in [1.82, 2.24) is 19.7 Å². The third-order valence-corrected chi connectivity index (χ3v) is 7.01. The predicted molar refractivity (Wildman–Crippen MR) is 115 cm³/mol. The van der Waals surface area contributed by atoms with Gasteiger partial charge < -0.3 is 4.57 Å². The summed E-state index contributed by atoms with van der Waals surface area (Å²) in [5, 5.41) is 9.96. The molecule has 2 radical (unpaired) electrons. The predicted octanol–water partition coefficient (Wildman–Crippen LogP) is 5.12. The Hall–Kier alpha value is -0.485. The summed E-state index contributed by atoms with van der Waals surface area (Å²) in [6, 6.07) is 0.289. The highest BCUT2D eigenvalue weighted by molar-refractivity contribution is 7.99. The molecule has 0 saturated heterocycles. The van der Waals surface area contributed by atoms with Crippen molar-refractivity contribution < 1.29 is 0 Å². The quantitative estimate of drug-likeness (QED) is 0.352. The van der Waals surface area contributed by atoms with Gasteiger partial charge in [0.05, 0.1) is 13.9 Å². The molecule has 0 spiro atoms. The van der Waals surface area contributed by atoms with Gasteiger partial charge in [0.1, 0.15) is 0 Å². The summed E-state index contributed by atoms with van der Waals surface area (Å²) in [6.45, 7) is 12.4. The van der Waals surface area contributed by atoms with Crippen LogP contribution in [0.15, 0.2) is 5.16 Å². The number of aromatic nitrogens is 3. The van der Waals surface area contributed by atoms with Gasteiger partial charge in [-0.3, -0.25) is 4.90 Å². The summed E-state index contributed by atoms with van der Waals surface area (Å²) in [5.74, 6) is 3.77. The fourth-order valence-electron chi connectivity index (χ4n) is 3.31. The lowest BCUT2D eigenvalue weighted by molar-refractivity contribution is 0.244. The highest BCUT2D eigenvalue weighted by Crippen LogP contribution is 2.31. The molecular weight excluding hydrogens is 339 g/mol. The van der Waals surface area contributed by atoms with Gasteiger partial charge in [-0.05, 0) is 38.8 Å². The van der Waals surface area contributed by atoms with Crippen LogP contribution in [-0.2, 0) is 7.05 Å². The molecule has 1 rings (SSSR count). The summed E-state index contributed by atoms with van der Waals surface area (Å²) in [7, 11) is 10.4. The Bertz CT molecular complexity index is 508. The molecule has 0 bridgehead atoms. The molecular formula is C20H39BN4S. The SMILES string of the molecule is [B]C(CC)CC(CC)C(C)CSc1nnc(C(C)N(C)CCCC)n1C. The van der Waals surface area contributed by atoms with Gasteiger partial charge >= 0.3 is 0 Å². The smallest absolute Gasteiger partial charge is 0.191 e. The van der Waals surface area contributed by atoms with Gasteiger partial charge in [0.2, 0.25) is 0 Å². The van der Waals surface area contributed by atoms with Crippen LogP contribution in [0.4, 0.5) is 0 Å². The summed E-state index contributed by atoms with van der Waals surface area (Å²) in [5.41, 5.74) is 0. The standard InChI is InChI=1S/C20H39BN4S/c1-8-11-12-24(6)16(5)19-22-23-20(25(19)7)26-14-15(4)17(9-2)13-18(21)10-3/h15-18H,8-14H2,1-7H3. The maximum absolute atomic E-state index is 6.18. The summed E-state index contributed by atoms with van der Waals surface area (Å²) in [6.07, 6.45) is 5.81. The van der Waals surface area contributed by atoms with Crippen LogP contribution < -0.4 is 0 Å². The van der Waals surface area contributed by atoms with Gasteiger partial charge in [0.25, 0.3) is 0 Å². The van der Waals surface area contributed by atoms with Gasteiger partial charge in [-0.15, -0.1) is 10.2 Å². The summed E-state index contributed by atoms with van der Waals surface area (Å²) >= 11 is 1.83. The van der Waals surface area contributed by atoms with Crippen molar-refractivity contribution in [2.75, 3.05) is 19.3 Å². The molecule has 4 unspecified atom stereocenters. The topological polar surface area (TPSA) is 34.0 Å². The molecule has 0 amide bonds. The zero-order chi connectivity index (χ0) is 19.7. The highest BCUT2D eigenvalue weighted by Gasteiger charge is 2.21. The van der Waals surface area contributed by atoms with Crippen LogP contribution in [-0.4, -0.2) is 46.9 Å².